The Morgan fingerprint density at radius 1 is 1.33 bits per heavy atom. The van der Waals surface area contributed by atoms with Crippen molar-refractivity contribution in [2.24, 2.45) is 0 Å². The molecule has 0 aromatic heterocycles. The zero-order valence-corrected chi connectivity index (χ0v) is 11.8. The normalized spacial score (nSPS) is 16.4. The van der Waals surface area contributed by atoms with Crippen molar-refractivity contribution in [2.75, 3.05) is 26.4 Å². The summed E-state index contributed by atoms with van der Waals surface area (Å²) < 4.78 is 10.6. The summed E-state index contributed by atoms with van der Waals surface area (Å²) in [5, 5.41) is 2.85. The van der Waals surface area contributed by atoms with Crippen LogP contribution in [0.25, 0.3) is 0 Å². The standard InChI is InChI=1S/C15H18N2O4/c18-13-6-2-8-17(13)9-3-7-16-15(19)11-4-1-5-12-14(11)21-10-20-12/h1,4-5H,2-3,6-10H2,(H,16,19). The highest BCUT2D eigenvalue weighted by atomic mass is 16.7. The Balaban J connectivity index is 1.49. The molecule has 2 heterocycles. The second-order valence-corrected chi connectivity index (χ2v) is 5.13. The predicted octanol–water partition coefficient (Wildman–Crippen LogP) is 1.16. The molecule has 2 aliphatic rings. The smallest absolute Gasteiger partial charge is 0.255 e. The number of carbonyl (C=O) groups is 2. The van der Waals surface area contributed by atoms with Crippen molar-refractivity contribution in [1.82, 2.24) is 10.2 Å². The van der Waals surface area contributed by atoms with Gasteiger partial charge in [-0.05, 0) is 25.0 Å². The molecule has 1 saturated heterocycles. The Bertz CT molecular complexity index is 559. The highest BCUT2D eigenvalue weighted by Gasteiger charge is 2.22. The number of nitrogens with one attached hydrogen (secondary N) is 1. The van der Waals surface area contributed by atoms with Gasteiger partial charge in [-0.2, -0.15) is 0 Å². The molecule has 1 aromatic carbocycles. The number of para-hydroxylation sites is 1. The van der Waals surface area contributed by atoms with Gasteiger partial charge in [0.15, 0.2) is 11.5 Å². The van der Waals surface area contributed by atoms with Gasteiger partial charge in [0.2, 0.25) is 12.7 Å². The van der Waals surface area contributed by atoms with Gasteiger partial charge in [-0.1, -0.05) is 6.07 Å². The molecule has 0 atom stereocenters. The highest BCUT2D eigenvalue weighted by molar-refractivity contribution is 5.97. The zero-order chi connectivity index (χ0) is 14.7. The number of hydrogen-bond acceptors (Lipinski definition) is 4. The lowest BCUT2D eigenvalue weighted by molar-refractivity contribution is -0.127. The molecule has 0 aliphatic carbocycles. The van der Waals surface area contributed by atoms with Crippen LogP contribution in [0.4, 0.5) is 0 Å². The zero-order valence-electron chi connectivity index (χ0n) is 11.8. The highest BCUT2D eigenvalue weighted by Crippen LogP contribution is 2.35. The molecule has 2 aliphatic heterocycles. The van der Waals surface area contributed by atoms with E-state index < -0.39 is 0 Å². The lowest BCUT2D eigenvalue weighted by Gasteiger charge is -2.15. The summed E-state index contributed by atoms with van der Waals surface area (Å²) in [7, 11) is 0. The first-order valence-corrected chi connectivity index (χ1v) is 7.20. The number of likely N-dealkylation sites (tertiary alicyclic amines) is 1. The van der Waals surface area contributed by atoms with Crippen LogP contribution in [0.3, 0.4) is 0 Å². The molecule has 1 fully saturated rings. The maximum Gasteiger partial charge on any atom is 0.255 e. The fourth-order valence-electron chi connectivity index (χ4n) is 2.62. The third-order valence-corrected chi connectivity index (χ3v) is 3.70. The lowest BCUT2D eigenvalue weighted by Crippen LogP contribution is -2.30. The van der Waals surface area contributed by atoms with E-state index in [1.165, 1.54) is 0 Å². The molecule has 0 spiro atoms. The molecule has 0 unspecified atom stereocenters. The van der Waals surface area contributed by atoms with Crippen LogP contribution in [-0.4, -0.2) is 43.1 Å². The number of amides is 2. The summed E-state index contributed by atoms with van der Waals surface area (Å²) in [6.45, 7) is 2.22. The third kappa shape index (κ3) is 2.94. The molecule has 112 valence electrons. The van der Waals surface area contributed by atoms with Crippen LogP contribution < -0.4 is 14.8 Å². The van der Waals surface area contributed by atoms with Gasteiger partial charge in [0.05, 0.1) is 5.56 Å². The molecule has 0 radical (unpaired) electrons. The second-order valence-electron chi connectivity index (χ2n) is 5.13. The summed E-state index contributed by atoms with van der Waals surface area (Å²) in [6, 6.07) is 5.26. The monoisotopic (exact) mass is 290 g/mol. The average Bonchev–Trinajstić information content (AvgIpc) is 3.11. The van der Waals surface area contributed by atoms with Gasteiger partial charge >= 0.3 is 0 Å². The number of ether oxygens (including phenoxy) is 2. The molecule has 1 aromatic rings. The van der Waals surface area contributed by atoms with Gasteiger partial charge in [-0.15, -0.1) is 0 Å². The number of fused-ring (bicyclic) bond motifs is 1. The number of carbonyl (C=O) groups excluding carboxylic acids is 2. The van der Waals surface area contributed by atoms with Crippen molar-refractivity contribution in [3.05, 3.63) is 23.8 Å². The second kappa shape index (κ2) is 6.03. The Labute approximate surface area is 123 Å². The van der Waals surface area contributed by atoms with E-state index in [-0.39, 0.29) is 18.6 Å². The fourth-order valence-corrected chi connectivity index (χ4v) is 2.62. The van der Waals surface area contributed by atoms with Crippen LogP contribution >= 0.6 is 0 Å². The van der Waals surface area contributed by atoms with Crippen LogP contribution in [0.1, 0.15) is 29.6 Å². The van der Waals surface area contributed by atoms with Gasteiger partial charge in [-0.25, -0.2) is 0 Å². The largest absolute Gasteiger partial charge is 0.454 e. The molecule has 21 heavy (non-hydrogen) atoms. The number of benzene rings is 1. The van der Waals surface area contributed by atoms with E-state index in [4.69, 9.17) is 9.47 Å². The Morgan fingerprint density at radius 3 is 3.05 bits per heavy atom. The molecular formula is C15H18N2O4. The van der Waals surface area contributed by atoms with Gasteiger partial charge in [0.25, 0.3) is 5.91 Å². The molecule has 1 N–H and O–H groups in total. The summed E-state index contributed by atoms with van der Waals surface area (Å²) in [5.74, 6) is 1.15. The van der Waals surface area contributed by atoms with Crippen LogP contribution in [0.5, 0.6) is 11.5 Å². The summed E-state index contributed by atoms with van der Waals surface area (Å²) in [4.78, 5) is 25.4. The third-order valence-electron chi connectivity index (χ3n) is 3.70. The number of nitrogens with zero attached hydrogens (tertiary/aromatic N) is 1. The first kappa shape index (κ1) is 13.7. The van der Waals surface area contributed by atoms with Crippen LogP contribution in [0.2, 0.25) is 0 Å². The maximum absolute atomic E-state index is 12.1. The van der Waals surface area contributed by atoms with Gasteiger partial charge in [0, 0.05) is 26.1 Å². The van der Waals surface area contributed by atoms with E-state index in [2.05, 4.69) is 5.32 Å². The Hall–Kier alpha value is -2.24. The quantitative estimate of drug-likeness (QED) is 0.826. The van der Waals surface area contributed by atoms with Crippen LogP contribution in [-0.2, 0) is 4.79 Å². The summed E-state index contributed by atoms with van der Waals surface area (Å²) >= 11 is 0. The Morgan fingerprint density at radius 2 is 2.24 bits per heavy atom. The SMILES string of the molecule is O=C(NCCCN1CCCC1=O)c1cccc2c1OCO2. The molecule has 6 heteroatoms. The summed E-state index contributed by atoms with van der Waals surface area (Å²) in [6.07, 6.45) is 2.35. The van der Waals surface area contributed by atoms with Crippen molar-refractivity contribution in [3.63, 3.8) is 0 Å². The topological polar surface area (TPSA) is 67.9 Å². The van der Waals surface area contributed by atoms with Crippen molar-refractivity contribution in [2.45, 2.75) is 19.3 Å². The van der Waals surface area contributed by atoms with E-state index in [1.807, 2.05) is 4.90 Å². The minimum absolute atomic E-state index is 0.150. The number of rotatable bonds is 5. The van der Waals surface area contributed by atoms with Gasteiger partial charge in [0.1, 0.15) is 0 Å². The van der Waals surface area contributed by atoms with E-state index >= 15 is 0 Å². The minimum atomic E-state index is -0.176. The van der Waals surface area contributed by atoms with Gasteiger partial charge in [-0.3, -0.25) is 9.59 Å². The lowest BCUT2D eigenvalue weighted by atomic mass is 10.1. The first-order valence-electron chi connectivity index (χ1n) is 7.20. The van der Waals surface area contributed by atoms with E-state index in [0.717, 1.165) is 19.4 Å². The van der Waals surface area contributed by atoms with Crippen molar-refractivity contribution in [1.29, 1.82) is 0 Å². The maximum atomic E-state index is 12.1. The van der Waals surface area contributed by atoms with Crippen LogP contribution in [0.15, 0.2) is 18.2 Å². The van der Waals surface area contributed by atoms with E-state index in [1.54, 1.807) is 18.2 Å². The number of hydrogen-bond donors (Lipinski definition) is 1. The molecule has 2 amide bonds. The molecular weight excluding hydrogens is 272 g/mol. The molecule has 3 rings (SSSR count). The molecule has 0 saturated carbocycles. The Kier molecular flexibility index (Phi) is 3.94. The fraction of sp³-hybridized carbons (Fsp3) is 0.467. The van der Waals surface area contributed by atoms with E-state index in [9.17, 15) is 9.59 Å². The predicted molar refractivity (Wildman–Crippen MR) is 75.3 cm³/mol. The van der Waals surface area contributed by atoms with Gasteiger partial charge < -0.3 is 19.7 Å². The van der Waals surface area contributed by atoms with Crippen molar-refractivity contribution >= 4 is 11.8 Å². The molecule has 0 bridgehead atoms. The van der Waals surface area contributed by atoms with Crippen LogP contribution in [0, 0.1) is 0 Å². The summed E-state index contributed by atoms with van der Waals surface area (Å²) in [5.41, 5.74) is 0.488. The average molecular weight is 290 g/mol. The molecule has 6 nitrogen and oxygen atoms in total. The van der Waals surface area contributed by atoms with Crippen molar-refractivity contribution < 1.29 is 19.1 Å². The van der Waals surface area contributed by atoms with Crippen molar-refractivity contribution in [3.8, 4) is 11.5 Å². The van der Waals surface area contributed by atoms with E-state index in [0.29, 0.717) is 36.6 Å². The first-order chi connectivity index (χ1) is 10.3. The minimum Gasteiger partial charge on any atom is -0.454 e.